The Kier molecular flexibility index (Phi) is 5.27. The molecule has 0 saturated carbocycles. The summed E-state index contributed by atoms with van der Waals surface area (Å²) < 4.78 is 0. The summed E-state index contributed by atoms with van der Waals surface area (Å²) in [6.45, 7) is 0.430. The largest absolute Gasteiger partial charge is 0.481 e. The maximum atomic E-state index is 11.4. The van der Waals surface area contributed by atoms with Crippen LogP contribution >= 0.6 is 11.8 Å². The van der Waals surface area contributed by atoms with Crippen LogP contribution < -0.4 is 5.32 Å². The second-order valence-electron chi connectivity index (χ2n) is 2.83. The van der Waals surface area contributed by atoms with Gasteiger partial charge in [-0.3, -0.25) is 9.59 Å². The minimum Gasteiger partial charge on any atom is -0.481 e. The van der Waals surface area contributed by atoms with E-state index in [0.29, 0.717) is 17.9 Å². The Bertz CT molecular complexity index is 358. The highest BCUT2D eigenvalue weighted by atomic mass is 32.2. The van der Waals surface area contributed by atoms with E-state index >= 15 is 0 Å². The first-order chi connectivity index (χ1) is 7.70. The molecule has 0 radical (unpaired) electrons. The molecule has 0 aliphatic carbocycles. The lowest BCUT2D eigenvalue weighted by molar-refractivity contribution is -0.133. The second-order valence-corrected chi connectivity index (χ2v) is 3.94. The molecule has 0 aromatic carbocycles. The number of aromatic nitrogens is 2. The van der Waals surface area contributed by atoms with Gasteiger partial charge in [0, 0.05) is 12.3 Å². The first kappa shape index (κ1) is 12.4. The van der Waals surface area contributed by atoms with Crippen LogP contribution in [-0.4, -0.2) is 45.2 Å². The van der Waals surface area contributed by atoms with E-state index in [2.05, 4.69) is 15.5 Å². The topological polar surface area (TPSA) is 92.2 Å². The smallest absolute Gasteiger partial charge is 0.313 e. The Balaban J connectivity index is 2.19. The number of aliphatic carboxylic acids is 1. The molecule has 86 valence electrons. The molecule has 1 rings (SSSR count). The van der Waals surface area contributed by atoms with Crippen LogP contribution in [0.3, 0.4) is 0 Å². The van der Waals surface area contributed by atoms with Crippen molar-refractivity contribution in [2.24, 2.45) is 0 Å². The van der Waals surface area contributed by atoms with Crippen LogP contribution in [0.15, 0.2) is 18.5 Å². The van der Waals surface area contributed by atoms with E-state index in [1.165, 1.54) is 24.2 Å². The number of carbonyl (C=O) groups is 2. The van der Waals surface area contributed by atoms with Gasteiger partial charge in [0.05, 0.1) is 23.7 Å². The number of carboxylic acid groups (broad SMARTS) is 1. The lowest BCUT2D eigenvalue weighted by Gasteiger charge is -2.03. The molecule has 6 nitrogen and oxygen atoms in total. The molecule has 16 heavy (non-hydrogen) atoms. The molecule has 1 aromatic rings. The van der Waals surface area contributed by atoms with Gasteiger partial charge >= 0.3 is 5.97 Å². The van der Waals surface area contributed by atoms with Gasteiger partial charge in [-0.25, -0.2) is 0 Å². The predicted octanol–water partition coefficient (Wildman–Crippen LogP) is 0.0242. The summed E-state index contributed by atoms with van der Waals surface area (Å²) in [5.74, 6) is -0.469. The molecule has 7 heteroatoms. The lowest BCUT2D eigenvalue weighted by atomic mass is 10.3. The average Bonchev–Trinajstić information content (AvgIpc) is 2.29. The molecule has 0 spiro atoms. The zero-order valence-corrected chi connectivity index (χ0v) is 9.24. The maximum absolute atomic E-state index is 11.4. The van der Waals surface area contributed by atoms with Crippen molar-refractivity contribution in [3.63, 3.8) is 0 Å². The second kappa shape index (κ2) is 6.78. The van der Waals surface area contributed by atoms with Crippen molar-refractivity contribution in [1.82, 2.24) is 15.5 Å². The number of hydrogen-bond donors (Lipinski definition) is 2. The molecule has 0 saturated heterocycles. The first-order valence-electron chi connectivity index (χ1n) is 4.54. The number of rotatable bonds is 6. The van der Waals surface area contributed by atoms with Crippen molar-refractivity contribution in [3.05, 3.63) is 24.0 Å². The summed E-state index contributed by atoms with van der Waals surface area (Å²) in [6, 6.07) is 1.56. The Labute approximate surface area is 96.5 Å². The molecule has 0 bridgehead atoms. The Morgan fingerprint density at radius 2 is 2.25 bits per heavy atom. The first-order valence-corrected chi connectivity index (χ1v) is 5.70. The third-order valence-corrected chi connectivity index (χ3v) is 2.55. The molecule has 0 fully saturated rings. The van der Waals surface area contributed by atoms with Crippen LogP contribution in [0.4, 0.5) is 0 Å². The van der Waals surface area contributed by atoms with Crippen LogP contribution in [0.25, 0.3) is 0 Å². The number of amides is 1. The number of thioether (sulfide) groups is 1. The highest BCUT2D eigenvalue weighted by Gasteiger charge is 2.04. The van der Waals surface area contributed by atoms with Gasteiger partial charge < -0.3 is 10.4 Å². The van der Waals surface area contributed by atoms with Crippen molar-refractivity contribution in [2.75, 3.05) is 18.1 Å². The number of carbonyl (C=O) groups excluding carboxylic acids is 1. The summed E-state index contributed by atoms with van der Waals surface area (Å²) >= 11 is 1.26. The van der Waals surface area contributed by atoms with Gasteiger partial charge in [-0.15, -0.1) is 11.8 Å². The summed E-state index contributed by atoms with van der Waals surface area (Å²) in [5.41, 5.74) is 0.443. The zero-order chi connectivity index (χ0) is 11.8. The van der Waals surface area contributed by atoms with Crippen molar-refractivity contribution < 1.29 is 14.7 Å². The minimum atomic E-state index is -0.852. The van der Waals surface area contributed by atoms with Gasteiger partial charge in [-0.05, 0) is 6.07 Å². The molecule has 0 aliphatic rings. The molecular weight excluding hydrogens is 230 g/mol. The fraction of sp³-hybridized carbons (Fsp3) is 0.333. The van der Waals surface area contributed by atoms with Crippen molar-refractivity contribution in [3.8, 4) is 0 Å². The SMILES string of the molecule is O=C(O)CSCCNC(=O)c1ccnnc1. The highest BCUT2D eigenvalue weighted by Crippen LogP contribution is 1.98. The number of nitrogens with one attached hydrogen (secondary N) is 1. The van der Waals surface area contributed by atoms with E-state index in [9.17, 15) is 9.59 Å². The van der Waals surface area contributed by atoms with Crippen LogP contribution in [0.2, 0.25) is 0 Å². The Morgan fingerprint density at radius 1 is 1.44 bits per heavy atom. The van der Waals surface area contributed by atoms with Gasteiger partial charge in [0.1, 0.15) is 0 Å². The standard InChI is InChI=1S/C9H11N3O3S/c13-8(14)6-16-4-3-10-9(15)7-1-2-11-12-5-7/h1-2,5H,3-4,6H2,(H,10,15)(H,13,14). The van der Waals surface area contributed by atoms with Crippen molar-refractivity contribution in [1.29, 1.82) is 0 Å². The summed E-state index contributed by atoms with van der Waals surface area (Å²) in [6.07, 6.45) is 2.81. The molecule has 1 amide bonds. The third kappa shape index (κ3) is 4.74. The van der Waals surface area contributed by atoms with Gasteiger partial charge in [-0.1, -0.05) is 0 Å². The van der Waals surface area contributed by atoms with Gasteiger partial charge in [0.2, 0.25) is 0 Å². The Hall–Kier alpha value is -1.63. The normalized spacial score (nSPS) is 9.75. The molecule has 0 aliphatic heterocycles. The van der Waals surface area contributed by atoms with E-state index in [-0.39, 0.29) is 11.7 Å². The molecule has 1 heterocycles. The summed E-state index contributed by atoms with van der Waals surface area (Å²) in [4.78, 5) is 21.6. The van der Waals surface area contributed by atoms with E-state index in [1.807, 2.05) is 0 Å². The average molecular weight is 241 g/mol. The number of carboxylic acids is 1. The number of nitrogens with zero attached hydrogens (tertiary/aromatic N) is 2. The van der Waals surface area contributed by atoms with Gasteiger partial charge in [0.25, 0.3) is 5.91 Å². The maximum Gasteiger partial charge on any atom is 0.313 e. The Morgan fingerprint density at radius 3 is 2.88 bits per heavy atom. The van der Waals surface area contributed by atoms with Crippen LogP contribution in [-0.2, 0) is 4.79 Å². The van der Waals surface area contributed by atoms with Gasteiger partial charge in [-0.2, -0.15) is 10.2 Å². The van der Waals surface area contributed by atoms with Crippen LogP contribution in [0.1, 0.15) is 10.4 Å². The molecule has 0 unspecified atom stereocenters. The molecule has 0 atom stereocenters. The highest BCUT2D eigenvalue weighted by molar-refractivity contribution is 7.99. The third-order valence-electron chi connectivity index (χ3n) is 1.60. The van der Waals surface area contributed by atoms with Crippen molar-refractivity contribution in [2.45, 2.75) is 0 Å². The fourth-order valence-corrected chi connectivity index (χ4v) is 1.49. The van der Waals surface area contributed by atoms with Gasteiger partial charge in [0.15, 0.2) is 0 Å². The monoisotopic (exact) mass is 241 g/mol. The summed E-state index contributed by atoms with van der Waals surface area (Å²) in [5, 5.41) is 18.2. The van der Waals surface area contributed by atoms with E-state index in [4.69, 9.17) is 5.11 Å². The minimum absolute atomic E-state index is 0.0483. The number of hydrogen-bond acceptors (Lipinski definition) is 5. The fourth-order valence-electron chi connectivity index (χ4n) is 0.923. The zero-order valence-electron chi connectivity index (χ0n) is 8.42. The lowest BCUT2D eigenvalue weighted by Crippen LogP contribution is -2.26. The molecule has 1 aromatic heterocycles. The summed E-state index contributed by atoms with van der Waals surface area (Å²) in [7, 11) is 0. The van der Waals surface area contributed by atoms with Crippen LogP contribution in [0, 0.1) is 0 Å². The predicted molar refractivity (Wildman–Crippen MR) is 59.3 cm³/mol. The van der Waals surface area contributed by atoms with E-state index < -0.39 is 5.97 Å². The quantitative estimate of drug-likeness (QED) is 0.682. The molecule has 2 N–H and O–H groups in total. The van der Waals surface area contributed by atoms with Crippen LogP contribution in [0.5, 0.6) is 0 Å². The van der Waals surface area contributed by atoms with E-state index in [0.717, 1.165) is 0 Å². The van der Waals surface area contributed by atoms with E-state index in [1.54, 1.807) is 6.07 Å². The molecular formula is C9H11N3O3S. The van der Waals surface area contributed by atoms with Crippen molar-refractivity contribution >= 4 is 23.6 Å².